The first-order chi connectivity index (χ1) is 8.84. The first-order valence-electron chi connectivity index (χ1n) is 6.29. The average Bonchev–Trinajstić information content (AvgIpc) is 2.57. The Kier molecular flexibility index (Phi) is 5.14. The van der Waals surface area contributed by atoms with Crippen LogP contribution in [-0.2, 0) is 17.1 Å². The Balaban J connectivity index is 2.65. The third kappa shape index (κ3) is 4.32. The highest BCUT2D eigenvalue weighted by molar-refractivity contribution is 9.10. The van der Waals surface area contributed by atoms with Crippen LogP contribution in [-0.4, -0.2) is 24.7 Å². The van der Waals surface area contributed by atoms with Crippen molar-refractivity contribution in [2.45, 2.75) is 51.6 Å². The number of alkyl halides is 3. The minimum Gasteiger partial charge on any atom is -0.415 e. The van der Waals surface area contributed by atoms with E-state index in [-0.39, 0.29) is 9.51 Å². The smallest absolute Gasteiger partial charge is 0.415 e. The minimum atomic E-state index is -4.44. The van der Waals surface area contributed by atoms with Crippen LogP contribution in [0.3, 0.4) is 0 Å². The largest absolute Gasteiger partial charge is 0.436 e. The lowest BCUT2D eigenvalue weighted by atomic mass is 10.2. The summed E-state index contributed by atoms with van der Waals surface area (Å²) in [6, 6.07) is 0. The molecule has 1 heterocycles. The molecule has 0 radical (unpaired) electrons. The van der Waals surface area contributed by atoms with Gasteiger partial charge in [0.2, 0.25) is 0 Å². The van der Waals surface area contributed by atoms with Crippen LogP contribution < -0.4 is 0 Å². The summed E-state index contributed by atoms with van der Waals surface area (Å²) in [4.78, 5) is 0. The Labute approximate surface area is 126 Å². The molecule has 0 fully saturated rings. The molecule has 8 heteroatoms. The lowest BCUT2D eigenvalue weighted by Crippen LogP contribution is -2.41. The Hall–Kier alpha value is -0.343. The molecule has 1 aromatic rings. The van der Waals surface area contributed by atoms with Crippen LogP contribution in [0.5, 0.6) is 0 Å². The molecule has 0 saturated carbocycles. The van der Waals surface area contributed by atoms with Gasteiger partial charge in [0.25, 0.3) is 0 Å². The summed E-state index contributed by atoms with van der Waals surface area (Å²) >= 11 is 2.88. The van der Waals surface area contributed by atoms with Gasteiger partial charge < -0.3 is 4.43 Å². The third-order valence-electron chi connectivity index (χ3n) is 3.58. The first kappa shape index (κ1) is 17.7. The number of hydrogen-bond donors (Lipinski definition) is 0. The van der Waals surface area contributed by atoms with E-state index in [1.54, 1.807) is 0 Å². The van der Waals surface area contributed by atoms with Crippen LogP contribution in [0.15, 0.2) is 10.7 Å². The molecule has 0 aliphatic heterocycles. The molecule has 0 amide bonds. The fourth-order valence-corrected chi connectivity index (χ4v) is 2.89. The van der Waals surface area contributed by atoms with Gasteiger partial charge in [0.1, 0.15) is 0 Å². The van der Waals surface area contributed by atoms with Crippen molar-refractivity contribution in [3.63, 3.8) is 0 Å². The van der Waals surface area contributed by atoms with Gasteiger partial charge in [0.05, 0.1) is 17.6 Å². The molecule has 1 aromatic heterocycles. The highest BCUT2D eigenvalue weighted by atomic mass is 79.9. The molecule has 20 heavy (non-hydrogen) atoms. The molecule has 116 valence electrons. The van der Waals surface area contributed by atoms with E-state index in [2.05, 4.69) is 54.9 Å². The second-order valence-electron chi connectivity index (χ2n) is 6.20. The van der Waals surface area contributed by atoms with E-state index < -0.39 is 20.2 Å². The molecule has 3 nitrogen and oxygen atoms in total. The second kappa shape index (κ2) is 5.80. The van der Waals surface area contributed by atoms with Gasteiger partial charge in [-0.15, -0.1) is 0 Å². The summed E-state index contributed by atoms with van der Waals surface area (Å²) in [7, 11) is -1.88. The van der Waals surface area contributed by atoms with Crippen molar-refractivity contribution in [3.05, 3.63) is 16.4 Å². The summed E-state index contributed by atoms with van der Waals surface area (Å²) in [6.07, 6.45) is -3.11. The Morgan fingerprint density at radius 2 is 1.85 bits per heavy atom. The highest BCUT2D eigenvalue weighted by Gasteiger charge is 2.38. The zero-order valence-electron chi connectivity index (χ0n) is 12.3. The third-order valence-corrected chi connectivity index (χ3v) is 8.69. The fraction of sp³-hybridized carbons (Fsp3) is 0.750. The van der Waals surface area contributed by atoms with Crippen molar-refractivity contribution in [3.8, 4) is 0 Å². The van der Waals surface area contributed by atoms with E-state index in [0.29, 0.717) is 13.2 Å². The number of hydrogen-bond acceptors (Lipinski definition) is 2. The Morgan fingerprint density at radius 3 is 2.25 bits per heavy atom. The molecule has 1 rings (SSSR count). The molecule has 0 saturated heterocycles. The van der Waals surface area contributed by atoms with Crippen LogP contribution in [0.25, 0.3) is 0 Å². The van der Waals surface area contributed by atoms with Gasteiger partial charge in [-0.05, 0) is 34.1 Å². The molecule has 0 aliphatic carbocycles. The molecule has 0 atom stereocenters. The van der Waals surface area contributed by atoms with Crippen LogP contribution >= 0.6 is 15.9 Å². The van der Waals surface area contributed by atoms with Crippen LogP contribution in [0, 0.1) is 0 Å². The van der Waals surface area contributed by atoms with Gasteiger partial charge in [-0.2, -0.15) is 18.3 Å². The maximum absolute atomic E-state index is 12.6. The van der Waals surface area contributed by atoms with E-state index in [9.17, 15) is 13.2 Å². The summed E-state index contributed by atoms with van der Waals surface area (Å²) in [5.41, 5.74) is -0.898. The van der Waals surface area contributed by atoms with Crippen LogP contribution in [0.2, 0.25) is 18.1 Å². The minimum absolute atomic E-state index is 0.0441. The normalized spacial score (nSPS) is 13.8. The summed E-state index contributed by atoms with van der Waals surface area (Å²) in [5.74, 6) is 0. The van der Waals surface area contributed by atoms with E-state index >= 15 is 0 Å². The van der Waals surface area contributed by atoms with Crippen LogP contribution in [0.4, 0.5) is 13.2 Å². The molecule has 0 spiro atoms. The molecule has 0 bridgehead atoms. The molecule has 0 aliphatic rings. The Bertz CT molecular complexity index is 466. The van der Waals surface area contributed by atoms with Gasteiger partial charge in [-0.25, -0.2) is 0 Å². The SMILES string of the molecule is CC(C)(C)[Si](C)(C)OCCn1cc(Br)c(C(F)(F)F)n1. The van der Waals surface area contributed by atoms with Crippen molar-refractivity contribution >= 4 is 24.2 Å². The number of halogens is 4. The molecule has 0 unspecified atom stereocenters. The topological polar surface area (TPSA) is 27.1 Å². The fourth-order valence-electron chi connectivity index (χ4n) is 1.31. The predicted molar refractivity (Wildman–Crippen MR) is 78.1 cm³/mol. The van der Waals surface area contributed by atoms with Crippen molar-refractivity contribution in [2.24, 2.45) is 0 Å². The Morgan fingerprint density at radius 1 is 1.30 bits per heavy atom. The lowest BCUT2D eigenvalue weighted by Gasteiger charge is -2.36. The van der Waals surface area contributed by atoms with Gasteiger partial charge in [-0.1, -0.05) is 20.8 Å². The van der Waals surface area contributed by atoms with E-state index in [4.69, 9.17) is 4.43 Å². The zero-order chi connectivity index (χ0) is 15.8. The number of nitrogens with zero attached hydrogens (tertiary/aromatic N) is 2. The second-order valence-corrected chi connectivity index (χ2v) is 11.9. The van der Waals surface area contributed by atoms with Gasteiger partial charge >= 0.3 is 6.18 Å². The summed E-state index contributed by atoms with van der Waals surface area (Å²) < 4.78 is 44.9. The number of rotatable bonds is 4. The van der Waals surface area contributed by atoms with E-state index in [1.807, 2.05) is 0 Å². The van der Waals surface area contributed by atoms with Crippen molar-refractivity contribution in [1.29, 1.82) is 0 Å². The monoisotopic (exact) mass is 372 g/mol. The van der Waals surface area contributed by atoms with Crippen molar-refractivity contribution in [2.75, 3.05) is 6.61 Å². The molecule has 0 N–H and O–H groups in total. The van der Waals surface area contributed by atoms with Gasteiger partial charge in [-0.3, -0.25) is 4.68 Å². The maximum Gasteiger partial charge on any atom is 0.436 e. The zero-order valence-corrected chi connectivity index (χ0v) is 14.9. The standard InChI is InChI=1S/C12H20BrF3N2OSi/c1-11(2,3)20(4,5)19-7-6-18-8-9(13)10(17-18)12(14,15)16/h8H,6-7H2,1-5H3. The highest BCUT2D eigenvalue weighted by Crippen LogP contribution is 2.36. The van der Waals surface area contributed by atoms with Gasteiger partial charge in [0, 0.05) is 6.20 Å². The number of aromatic nitrogens is 2. The molecule has 0 aromatic carbocycles. The van der Waals surface area contributed by atoms with Crippen molar-refractivity contribution in [1.82, 2.24) is 9.78 Å². The van der Waals surface area contributed by atoms with Crippen molar-refractivity contribution < 1.29 is 17.6 Å². The van der Waals surface area contributed by atoms with E-state index in [0.717, 1.165) is 0 Å². The maximum atomic E-state index is 12.6. The van der Waals surface area contributed by atoms with E-state index in [1.165, 1.54) is 10.9 Å². The molecular formula is C12H20BrF3N2OSi. The van der Waals surface area contributed by atoms with Gasteiger partial charge in [0.15, 0.2) is 14.0 Å². The molecular weight excluding hydrogens is 353 g/mol. The summed E-state index contributed by atoms with van der Waals surface area (Å²) in [5, 5.41) is 3.62. The van der Waals surface area contributed by atoms with Crippen LogP contribution in [0.1, 0.15) is 26.5 Å². The lowest BCUT2D eigenvalue weighted by molar-refractivity contribution is -0.142. The predicted octanol–water partition coefficient (Wildman–Crippen LogP) is 4.69. The average molecular weight is 373 g/mol. The summed E-state index contributed by atoms with van der Waals surface area (Å²) in [6.45, 7) is 11.2. The quantitative estimate of drug-likeness (QED) is 0.717. The first-order valence-corrected chi connectivity index (χ1v) is 9.99.